The normalized spacial score (nSPS) is 11.1. The maximum absolute atomic E-state index is 5.76. The summed E-state index contributed by atoms with van der Waals surface area (Å²) in [4.78, 5) is 2.34. The Balaban J connectivity index is 2.24. The molecule has 86 valence electrons. The maximum atomic E-state index is 5.76. The highest BCUT2D eigenvalue weighted by molar-refractivity contribution is 7.07. The number of nitrogens with zero attached hydrogens (tertiary/aromatic N) is 1. The molecule has 0 unspecified atom stereocenters. The minimum Gasteiger partial charge on any atom is -0.383 e. The second kappa shape index (κ2) is 8.11. The van der Waals surface area contributed by atoms with Gasteiger partial charge in [-0.3, -0.25) is 4.90 Å². The first-order valence-corrected chi connectivity index (χ1v) is 6.63. The zero-order chi connectivity index (χ0) is 10.9. The third-order valence-electron chi connectivity index (χ3n) is 2.31. The number of ether oxygens (including phenoxy) is 1. The van der Waals surface area contributed by atoms with Crippen molar-refractivity contribution in [3.63, 3.8) is 0 Å². The van der Waals surface area contributed by atoms with E-state index in [1.54, 1.807) is 18.4 Å². The molecule has 0 saturated heterocycles. The van der Waals surface area contributed by atoms with E-state index in [1.807, 2.05) is 0 Å². The average Bonchev–Trinajstić information content (AvgIpc) is 2.75. The standard InChI is InChI=1S/C11H18ClNOS/c1-14-8-7-13(6-4-12)5-2-11-3-9-15-10-11/h3,9-10H,2,4-8H2,1H3. The van der Waals surface area contributed by atoms with Crippen LogP contribution in [0.1, 0.15) is 5.56 Å². The lowest BCUT2D eigenvalue weighted by Crippen LogP contribution is -2.31. The van der Waals surface area contributed by atoms with Gasteiger partial charge in [-0.1, -0.05) is 0 Å². The summed E-state index contributed by atoms with van der Waals surface area (Å²) < 4.78 is 5.07. The largest absolute Gasteiger partial charge is 0.383 e. The molecule has 0 aliphatic rings. The van der Waals surface area contributed by atoms with Crippen LogP contribution in [0.25, 0.3) is 0 Å². The third-order valence-corrected chi connectivity index (χ3v) is 3.21. The zero-order valence-corrected chi connectivity index (χ0v) is 10.7. The van der Waals surface area contributed by atoms with Gasteiger partial charge in [0, 0.05) is 32.6 Å². The summed E-state index contributed by atoms with van der Waals surface area (Å²) >= 11 is 7.51. The van der Waals surface area contributed by atoms with Crippen LogP contribution < -0.4 is 0 Å². The Hall–Kier alpha value is -0.0900. The number of rotatable bonds is 8. The molecule has 0 atom stereocenters. The van der Waals surface area contributed by atoms with Crippen molar-refractivity contribution in [2.24, 2.45) is 0 Å². The monoisotopic (exact) mass is 247 g/mol. The van der Waals surface area contributed by atoms with Gasteiger partial charge in [-0.15, -0.1) is 11.6 Å². The van der Waals surface area contributed by atoms with E-state index in [1.165, 1.54) is 5.56 Å². The summed E-state index contributed by atoms with van der Waals surface area (Å²) in [6, 6.07) is 2.18. The Kier molecular flexibility index (Phi) is 7.01. The van der Waals surface area contributed by atoms with E-state index in [-0.39, 0.29) is 0 Å². The molecule has 0 amide bonds. The molecule has 1 aromatic rings. The van der Waals surface area contributed by atoms with Crippen LogP contribution in [-0.4, -0.2) is 44.1 Å². The van der Waals surface area contributed by atoms with Gasteiger partial charge < -0.3 is 4.74 Å². The van der Waals surface area contributed by atoms with Crippen molar-refractivity contribution in [3.8, 4) is 0 Å². The molecule has 1 rings (SSSR count). The van der Waals surface area contributed by atoms with Crippen molar-refractivity contribution in [2.45, 2.75) is 6.42 Å². The maximum Gasteiger partial charge on any atom is 0.0589 e. The summed E-state index contributed by atoms with van der Waals surface area (Å²) in [5.74, 6) is 0.688. The highest BCUT2D eigenvalue weighted by Gasteiger charge is 2.04. The molecule has 15 heavy (non-hydrogen) atoms. The smallest absolute Gasteiger partial charge is 0.0589 e. The van der Waals surface area contributed by atoms with E-state index < -0.39 is 0 Å². The Morgan fingerprint density at radius 2 is 2.27 bits per heavy atom. The molecule has 0 aliphatic carbocycles. The van der Waals surface area contributed by atoms with E-state index in [0.717, 1.165) is 32.7 Å². The van der Waals surface area contributed by atoms with Gasteiger partial charge in [0.1, 0.15) is 0 Å². The van der Waals surface area contributed by atoms with Crippen molar-refractivity contribution in [2.75, 3.05) is 39.2 Å². The predicted octanol–water partition coefficient (Wildman–Crippen LogP) is 2.48. The van der Waals surface area contributed by atoms with Gasteiger partial charge in [0.25, 0.3) is 0 Å². The lowest BCUT2D eigenvalue weighted by molar-refractivity contribution is 0.152. The number of alkyl halides is 1. The molecule has 4 heteroatoms. The van der Waals surface area contributed by atoms with Crippen molar-refractivity contribution in [1.29, 1.82) is 0 Å². The Morgan fingerprint density at radius 3 is 2.87 bits per heavy atom. The van der Waals surface area contributed by atoms with Crippen molar-refractivity contribution in [3.05, 3.63) is 22.4 Å². The Labute approximate surface area is 101 Å². The van der Waals surface area contributed by atoms with E-state index in [4.69, 9.17) is 16.3 Å². The van der Waals surface area contributed by atoms with Gasteiger partial charge in [-0.2, -0.15) is 11.3 Å². The third kappa shape index (κ3) is 5.52. The van der Waals surface area contributed by atoms with Gasteiger partial charge in [0.15, 0.2) is 0 Å². The van der Waals surface area contributed by atoms with Gasteiger partial charge in [-0.25, -0.2) is 0 Å². The van der Waals surface area contributed by atoms with Crippen LogP contribution in [0.2, 0.25) is 0 Å². The fourth-order valence-electron chi connectivity index (χ4n) is 1.40. The molecule has 0 radical (unpaired) electrons. The predicted molar refractivity (Wildman–Crippen MR) is 67.1 cm³/mol. The minimum atomic E-state index is 0.688. The highest BCUT2D eigenvalue weighted by atomic mass is 35.5. The number of hydrogen-bond donors (Lipinski definition) is 0. The van der Waals surface area contributed by atoms with Gasteiger partial charge >= 0.3 is 0 Å². The van der Waals surface area contributed by atoms with Crippen LogP contribution in [0.3, 0.4) is 0 Å². The second-order valence-electron chi connectivity index (χ2n) is 3.41. The Bertz CT molecular complexity index is 241. The van der Waals surface area contributed by atoms with Crippen LogP contribution in [0.4, 0.5) is 0 Å². The first kappa shape index (κ1) is 13.0. The molecule has 1 heterocycles. The first-order valence-electron chi connectivity index (χ1n) is 5.15. The number of halogens is 1. The molecule has 0 bridgehead atoms. The summed E-state index contributed by atoms with van der Waals surface area (Å²) in [5, 5.41) is 4.32. The fraction of sp³-hybridized carbons (Fsp3) is 0.636. The molecule has 0 aromatic carbocycles. The molecular weight excluding hydrogens is 230 g/mol. The number of methoxy groups -OCH3 is 1. The van der Waals surface area contributed by atoms with Crippen molar-refractivity contribution >= 4 is 22.9 Å². The summed E-state index contributed by atoms with van der Waals surface area (Å²) in [7, 11) is 1.73. The number of hydrogen-bond acceptors (Lipinski definition) is 3. The molecule has 2 nitrogen and oxygen atoms in total. The average molecular weight is 248 g/mol. The molecular formula is C11H18ClNOS. The van der Waals surface area contributed by atoms with Gasteiger partial charge in [0.05, 0.1) is 6.61 Å². The topological polar surface area (TPSA) is 12.5 Å². The van der Waals surface area contributed by atoms with Crippen molar-refractivity contribution < 1.29 is 4.74 Å². The molecule has 0 N–H and O–H groups in total. The van der Waals surface area contributed by atoms with Crippen molar-refractivity contribution in [1.82, 2.24) is 4.90 Å². The Morgan fingerprint density at radius 1 is 1.40 bits per heavy atom. The summed E-state index contributed by atoms with van der Waals surface area (Å²) in [6.45, 7) is 3.75. The first-order chi connectivity index (χ1) is 7.36. The lowest BCUT2D eigenvalue weighted by Gasteiger charge is -2.20. The van der Waals surface area contributed by atoms with Crippen LogP contribution in [-0.2, 0) is 11.2 Å². The van der Waals surface area contributed by atoms with E-state index in [9.17, 15) is 0 Å². The van der Waals surface area contributed by atoms with Crippen LogP contribution in [0.5, 0.6) is 0 Å². The highest BCUT2D eigenvalue weighted by Crippen LogP contribution is 2.07. The molecule has 0 spiro atoms. The minimum absolute atomic E-state index is 0.688. The molecule has 1 aromatic heterocycles. The van der Waals surface area contributed by atoms with Crippen LogP contribution in [0.15, 0.2) is 16.8 Å². The van der Waals surface area contributed by atoms with E-state index >= 15 is 0 Å². The van der Waals surface area contributed by atoms with Crippen LogP contribution >= 0.6 is 22.9 Å². The quantitative estimate of drug-likeness (QED) is 0.655. The van der Waals surface area contributed by atoms with E-state index in [2.05, 4.69) is 21.7 Å². The summed E-state index contributed by atoms with van der Waals surface area (Å²) in [6.07, 6.45) is 1.10. The van der Waals surface area contributed by atoms with Crippen LogP contribution in [0, 0.1) is 0 Å². The lowest BCUT2D eigenvalue weighted by atomic mass is 10.2. The van der Waals surface area contributed by atoms with Gasteiger partial charge in [-0.05, 0) is 28.8 Å². The zero-order valence-electron chi connectivity index (χ0n) is 9.12. The molecule has 0 saturated carbocycles. The SMILES string of the molecule is COCCN(CCCl)CCc1ccsc1. The summed E-state index contributed by atoms with van der Waals surface area (Å²) in [5.41, 5.74) is 1.41. The second-order valence-corrected chi connectivity index (χ2v) is 4.56. The molecule has 0 fully saturated rings. The number of thiophene rings is 1. The van der Waals surface area contributed by atoms with E-state index in [0.29, 0.717) is 5.88 Å². The fourth-order valence-corrected chi connectivity index (χ4v) is 2.34. The molecule has 0 aliphatic heterocycles. The van der Waals surface area contributed by atoms with Gasteiger partial charge in [0.2, 0.25) is 0 Å².